The van der Waals surface area contributed by atoms with Gasteiger partial charge < -0.3 is 19.6 Å². The van der Waals surface area contributed by atoms with Crippen LogP contribution in [0.3, 0.4) is 0 Å². The van der Waals surface area contributed by atoms with Gasteiger partial charge in [-0.25, -0.2) is 0 Å². The zero-order chi connectivity index (χ0) is 21.8. The zero-order valence-electron chi connectivity index (χ0n) is 17.4. The highest BCUT2D eigenvalue weighted by molar-refractivity contribution is 5.90. The molecule has 0 radical (unpaired) electrons. The number of esters is 1. The molecule has 2 heterocycles. The molecule has 1 unspecified atom stereocenters. The number of hydrogen-bond donors (Lipinski definition) is 2. The maximum Gasteiger partial charge on any atom is 0.325 e. The van der Waals surface area contributed by atoms with Crippen LogP contribution in [0.15, 0.2) is 54.7 Å². The van der Waals surface area contributed by atoms with Gasteiger partial charge in [0.05, 0.1) is 13.0 Å². The Morgan fingerprint density at radius 3 is 2.58 bits per heavy atom. The zero-order valence-corrected chi connectivity index (χ0v) is 17.4. The third-order valence-corrected chi connectivity index (χ3v) is 5.89. The molecule has 0 aliphatic carbocycles. The van der Waals surface area contributed by atoms with Crippen molar-refractivity contribution < 1.29 is 24.2 Å². The van der Waals surface area contributed by atoms with E-state index in [4.69, 9.17) is 9.47 Å². The first-order valence-electron chi connectivity index (χ1n) is 10.4. The SMILES string of the molecule is COC(=O)C1CCN(C(C(=O)O)c2c[nH]c3ccc(OCc4ccccc4)cc23)CC1. The molecule has 0 amide bonds. The summed E-state index contributed by atoms with van der Waals surface area (Å²) < 4.78 is 10.8. The molecule has 1 aliphatic rings. The van der Waals surface area contributed by atoms with Gasteiger partial charge >= 0.3 is 11.9 Å². The van der Waals surface area contributed by atoms with Crippen LogP contribution in [0.5, 0.6) is 5.75 Å². The van der Waals surface area contributed by atoms with E-state index in [-0.39, 0.29) is 11.9 Å². The molecule has 1 atom stereocenters. The number of fused-ring (bicyclic) bond motifs is 1. The average Bonchev–Trinajstić information content (AvgIpc) is 3.21. The number of hydrogen-bond acceptors (Lipinski definition) is 5. The minimum absolute atomic E-state index is 0.170. The second-order valence-electron chi connectivity index (χ2n) is 7.80. The number of aromatic nitrogens is 1. The Morgan fingerprint density at radius 2 is 1.90 bits per heavy atom. The lowest BCUT2D eigenvalue weighted by atomic mass is 9.94. The van der Waals surface area contributed by atoms with E-state index in [9.17, 15) is 14.7 Å². The fourth-order valence-corrected chi connectivity index (χ4v) is 4.22. The smallest absolute Gasteiger partial charge is 0.325 e. The number of carboxylic acids is 1. The summed E-state index contributed by atoms with van der Waals surface area (Å²) in [6, 6.07) is 14.8. The highest BCUT2D eigenvalue weighted by Gasteiger charge is 2.34. The molecular weight excluding hydrogens is 396 g/mol. The van der Waals surface area contributed by atoms with Gasteiger partial charge in [0.1, 0.15) is 18.4 Å². The lowest BCUT2D eigenvalue weighted by Crippen LogP contribution is -2.41. The van der Waals surface area contributed by atoms with Crippen LogP contribution in [-0.4, -0.2) is 47.1 Å². The number of nitrogens with one attached hydrogen (secondary N) is 1. The molecule has 1 fully saturated rings. The molecule has 2 N–H and O–H groups in total. The number of H-pyrrole nitrogens is 1. The molecule has 1 aliphatic heterocycles. The van der Waals surface area contributed by atoms with E-state index in [0.717, 1.165) is 16.5 Å². The van der Waals surface area contributed by atoms with E-state index in [0.29, 0.717) is 43.9 Å². The molecule has 1 aromatic heterocycles. The van der Waals surface area contributed by atoms with Crippen molar-refractivity contribution in [2.75, 3.05) is 20.2 Å². The van der Waals surface area contributed by atoms with Crippen LogP contribution in [0.2, 0.25) is 0 Å². The van der Waals surface area contributed by atoms with Gasteiger partial charge in [-0.15, -0.1) is 0 Å². The lowest BCUT2D eigenvalue weighted by Gasteiger charge is -2.34. The monoisotopic (exact) mass is 422 g/mol. The van der Waals surface area contributed by atoms with Gasteiger partial charge in [-0.05, 0) is 36.6 Å². The van der Waals surface area contributed by atoms with Crippen LogP contribution in [0.25, 0.3) is 10.9 Å². The molecule has 2 aromatic carbocycles. The topological polar surface area (TPSA) is 91.9 Å². The van der Waals surface area contributed by atoms with E-state index >= 15 is 0 Å². The molecule has 0 spiro atoms. The quantitative estimate of drug-likeness (QED) is 0.564. The number of rotatable bonds is 7. The van der Waals surface area contributed by atoms with Crippen molar-refractivity contribution in [3.63, 3.8) is 0 Å². The van der Waals surface area contributed by atoms with E-state index < -0.39 is 12.0 Å². The highest BCUT2D eigenvalue weighted by atomic mass is 16.5. The van der Waals surface area contributed by atoms with Crippen LogP contribution < -0.4 is 4.74 Å². The van der Waals surface area contributed by atoms with Gasteiger partial charge in [0.15, 0.2) is 0 Å². The van der Waals surface area contributed by atoms with Crippen molar-refractivity contribution in [3.8, 4) is 5.75 Å². The molecular formula is C24H26N2O5. The standard InChI is InChI=1S/C24H26N2O5/c1-30-24(29)17-9-11-26(12-10-17)22(23(27)28)20-14-25-21-8-7-18(13-19(20)21)31-15-16-5-3-2-4-6-16/h2-8,13-14,17,22,25H,9-12,15H2,1H3,(H,27,28). The summed E-state index contributed by atoms with van der Waals surface area (Å²) in [6.45, 7) is 1.48. The van der Waals surface area contributed by atoms with E-state index in [2.05, 4.69) is 4.98 Å². The molecule has 0 saturated carbocycles. The number of carbonyl (C=O) groups excluding carboxylic acids is 1. The number of aliphatic carboxylic acids is 1. The van der Waals surface area contributed by atoms with Crippen molar-refractivity contribution >= 4 is 22.8 Å². The molecule has 0 bridgehead atoms. The number of benzene rings is 2. The minimum atomic E-state index is -0.909. The van der Waals surface area contributed by atoms with Gasteiger partial charge in [0, 0.05) is 35.8 Å². The Labute approximate surface area is 180 Å². The Hall–Kier alpha value is -3.32. The Balaban J connectivity index is 1.55. The van der Waals surface area contributed by atoms with Gasteiger partial charge in [-0.2, -0.15) is 0 Å². The first-order chi connectivity index (χ1) is 15.1. The molecule has 7 heteroatoms. The second-order valence-corrected chi connectivity index (χ2v) is 7.80. The summed E-state index contributed by atoms with van der Waals surface area (Å²) in [5, 5.41) is 10.8. The van der Waals surface area contributed by atoms with E-state index in [1.54, 1.807) is 6.20 Å². The van der Waals surface area contributed by atoms with Crippen molar-refractivity contribution in [3.05, 3.63) is 65.9 Å². The van der Waals surface area contributed by atoms with E-state index in [1.165, 1.54) is 7.11 Å². The fraction of sp³-hybridized carbons (Fsp3) is 0.333. The van der Waals surface area contributed by atoms with Crippen LogP contribution in [0.1, 0.15) is 30.0 Å². The van der Waals surface area contributed by atoms with Crippen molar-refractivity contribution in [2.24, 2.45) is 5.92 Å². The predicted molar refractivity (Wildman–Crippen MR) is 116 cm³/mol. The number of ether oxygens (including phenoxy) is 2. The van der Waals surface area contributed by atoms with Crippen LogP contribution in [-0.2, 0) is 20.9 Å². The first-order valence-corrected chi connectivity index (χ1v) is 10.4. The number of carbonyl (C=O) groups is 2. The highest BCUT2D eigenvalue weighted by Crippen LogP contribution is 2.34. The number of piperidine rings is 1. The second kappa shape index (κ2) is 9.22. The normalized spacial score (nSPS) is 16.2. The third kappa shape index (κ3) is 4.56. The average molecular weight is 422 g/mol. The maximum atomic E-state index is 12.2. The predicted octanol–water partition coefficient (Wildman–Crippen LogP) is 3.76. The van der Waals surface area contributed by atoms with Gasteiger partial charge in [0.2, 0.25) is 0 Å². The van der Waals surface area contributed by atoms with Crippen molar-refractivity contribution in [2.45, 2.75) is 25.5 Å². The van der Waals surface area contributed by atoms with Crippen LogP contribution in [0.4, 0.5) is 0 Å². The Kier molecular flexibility index (Phi) is 6.23. The van der Waals surface area contributed by atoms with Gasteiger partial charge in [-0.3, -0.25) is 14.5 Å². The summed E-state index contributed by atoms with van der Waals surface area (Å²) in [5.74, 6) is -0.616. The van der Waals surface area contributed by atoms with E-state index in [1.807, 2.05) is 53.4 Å². The third-order valence-electron chi connectivity index (χ3n) is 5.89. The molecule has 1 saturated heterocycles. The summed E-state index contributed by atoms with van der Waals surface area (Å²) in [7, 11) is 1.39. The van der Waals surface area contributed by atoms with Crippen molar-refractivity contribution in [1.82, 2.24) is 9.88 Å². The molecule has 162 valence electrons. The van der Waals surface area contributed by atoms with Crippen LogP contribution >= 0.6 is 0 Å². The van der Waals surface area contributed by atoms with Crippen molar-refractivity contribution in [1.29, 1.82) is 0 Å². The summed E-state index contributed by atoms with van der Waals surface area (Å²) >= 11 is 0. The summed E-state index contributed by atoms with van der Waals surface area (Å²) in [5.41, 5.74) is 2.62. The number of likely N-dealkylation sites (tertiary alicyclic amines) is 1. The number of aromatic amines is 1. The Morgan fingerprint density at radius 1 is 1.16 bits per heavy atom. The number of methoxy groups -OCH3 is 1. The summed E-state index contributed by atoms with van der Waals surface area (Å²) in [6.07, 6.45) is 2.94. The first kappa shape index (κ1) is 20.9. The number of carboxylic acid groups (broad SMARTS) is 1. The summed E-state index contributed by atoms with van der Waals surface area (Å²) in [4.78, 5) is 29.1. The minimum Gasteiger partial charge on any atom is -0.489 e. The fourth-order valence-electron chi connectivity index (χ4n) is 4.22. The lowest BCUT2D eigenvalue weighted by molar-refractivity contribution is -0.148. The van der Waals surface area contributed by atoms with Gasteiger partial charge in [-0.1, -0.05) is 30.3 Å². The van der Waals surface area contributed by atoms with Gasteiger partial charge in [0.25, 0.3) is 0 Å². The largest absolute Gasteiger partial charge is 0.489 e. The molecule has 31 heavy (non-hydrogen) atoms. The molecule has 3 aromatic rings. The molecule has 4 rings (SSSR count). The van der Waals surface area contributed by atoms with Crippen LogP contribution in [0, 0.1) is 5.92 Å². The number of nitrogens with zero attached hydrogens (tertiary/aromatic N) is 1. The molecule has 7 nitrogen and oxygen atoms in total. The Bertz CT molecular complexity index is 1050. The maximum absolute atomic E-state index is 12.2.